The van der Waals surface area contributed by atoms with Gasteiger partial charge in [0.1, 0.15) is 6.61 Å². The van der Waals surface area contributed by atoms with Gasteiger partial charge in [-0.15, -0.1) is 10.2 Å². The molecule has 14 heavy (non-hydrogen) atoms. The maximum absolute atomic E-state index is 10.6. The average Bonchev–Trinajstić information content (AvgIpc) is 2.19. The van der Waals surface area contributed by atoms with Crippen LogP contribution in [0.25, 0.3) is 0 Å². The lowest BCUT2D eigenvalue weighted by Crippen LogP contribution is -2.17. The number of primary amides is 1. The van der Waals surface area contributed by atoms with Gasteiger partial charge in [-0.05, 0) is 13.1 Å². The Hall–Kier alpha value is -1.69. The summed E-state index contributed by atoms with van der Waals surface area (Å²) in [6, 6.07) is 3.03. The average molecular weight is 196 g/mol. The van der Waals surface area contributed by atoms with Gasteiger partial charge in [-0.1, -0.05) is 0 Å². The van der Waals surface area contributed by atoms with E-state index in [2.05, 4.69) is 15.5 Å². The molecule has 0 saturated carbocycles. The predicted molar refractivity (Wildman–Crippen MR) is 50.0 cm³/mol. The molecule has 1 aromatic heterocycles. The van der Waals surface area contributed by atoms with Gasteiger partial charge in [-0.25, -0.2) is 0 Å². The highest BCUT2D eigenvalue weighted by Gasteiger charge is 2.02. The Morgan fingerprint density at radius 3 is 2.86 bits per heavy atom. The van der Waals surface area contributed by atoms with Crippen LogP contribution in [-0.4, -0.2) is 36.3 Å². The molecule has 0 saturated heterocycles. The number of nitrogens with two attached hydrogens (primary N) is 1. The van der Waals surface area contributed by atoms with Gasteiger partial charge in [0.25, 0.3) is 5.91 Å². The van der Waals surface area contributed by atoms with E-state index in [1.807, 2.05) is 7.05 Å². The number of rotatable bonds is 5. The van der Waals surface area contributed by atoms with Crippen molar-refractivity contribution in [2.75, 3.05) is 20.2 Å². The van der Waals surface area contributed by atoms with Crippen molar-refractivity contribution in [3.05, 3.63) is 17.8 Å². The van der Waals surface area contributed by atoms with Gasteiger partial charge in [0.15, 0.2) is 5.69 Å². The molecule has 0 spiro atoms. The Morgan fingerprint density at radius 1 is 1.57 bits per heavy atom. The molecular weight excluding hydrogens is 184 g/mol. The minimum atomic E-state index is -0.598. The van der Waals surface area contributed by atoms with Crippen LogP contribution in [0.4, 0.5) is 0 Å². The number of nitrogens with zero attached hydrogens (tertiary/aromatic N) is 2. The lowest BCUT2D eigenvalue weighted by atomic mass is 10.4. The van der Waals surface area contributed by atoms with Crippen LogP contribution in [0.1, 0.15) is 10.5 Å². The van der Waals surface area contributed by atoms with Crippen molar-refractivity contribution < 1.29 is 9.53 Å². The van der Waals surface area contributed by atoms with Crippen molar-refractivity contribution >= 4 is 5.91 Å². The summed E-state index contributed by atoms with van der Waals surface area (Å²) in [6.45, 7) is 1.22. The quantitative estimate of drug-likeness (QED) is 0.600. The van der Waals surface area contributed by atoms with Crippen LogP contribution < -0.4 is 15.8 Å². The first-order chi connectivity index (χ1) is 6.74. The number of nitrogens with one attached hydrogen (secondary N) is 1. The number of hydrogen-bond acceptors (Lipinski definition) is 5. The predicted octanol–water partition coefficient (Wildman–Crippen LogP) is -0.826. The molecule has 0 fully saturated rings. The summed E-state index contributed by atoms with van der Waals surface area (Å²) in [5, 5.41) is 10.2. The number of carbonyl (C=O) groups excluding carboxylic acids is 1. The molecule has 0 unspecified atom stereocenters. The third kappa shape index (κ3) is 2.98. The summed E-state index contributed by atoms with van der Waals surface area (Å²) in [4.78, 5) is 10.6. The van der Waals surface area contributed by atoms with E-state index in [0.717, 1.165) is 6.54 Å². The topological polar surface area (TPSA) is 90.1 Å². The molecule has 1 heterocycles. The second-order valence-corrected chi connectivity index (χ2v) is 2.57. The molecule has 6 nitrogen and oxygen atoms in total. The molecule has 1 aromatic rings. The highest BCUT2D eigenvalue weighted by Crippen LogP contribution is 2.03. The lowest BCUT2D eigenvalue weighted by molar-refractivity contribution is 0.0994. The Balaban J connectivity index is 2.51. The fourth-order valence-corrected chi connectivity index (χ4v) is 0.786. The molecule has 6 heteroatoms. The molecule has 3 N–H and O–H groups in total. The van der Waals surface area contributed by atoms with Crippen molar-refractivity contribution in [3.8, 4) is 5.88 Å². The summed E-state index contributed by atoms with van der Waals surface area (Å²) in [7, 11) is 1.82. The monoisotopic (exact) mass is 196 g/mol. The highest BCUT2D eigenvalue weighted by molar-refractivity contribution is 5.90. The number of ether oxygens (including phenoxy) is 1. The number of aromatic nitrogens is 2. The van der Waals surface area contributed by atoms with Crippen LogP contribution in [-0.2, 0) is 0 Å². The summed E-state index contributed by atoms with van der Waals surface area (Å²) < 4.78 is 5.19. The molecule has 0 radical (unpaired) electrons. The van der Waals surface area contributed by atoms with Crippen molar-refractivity contribution in [1.82, 2.24) is 15.5 Å². The van der Waals surface area contributed by atoms with E-state index in [9.17, 15) is 4.79 Å². The zero-order valence-corrected chi connectivity index (χ0v) is 7.86. The van der Waals surface area contributed by atoms with Gasteiger partial charge in [-0.2, -0.15) is 0 Å². The number of likely N-dealkylation sites (N-methyl/N-ethyl adjacent to an activating group) is 1. The van der Waals surface area contributed by atoms with E-state index in [-0.39, 0.29) is 5.69 Å². The molecule has 1 rings (SSSR count). The fraction of sp³-hybridized carbons (Fsp3) is 0.375. The van der Waals surface area contributed by atoms with E-state index in [0.29, 0.717) is 12.5 Å². The van der Waals surface area contributed by atoms with E-state index in [1.165, 1.54) is 6.07 Å². The van der Waals surface area contributed by atoms with Crippen LogP contribution in [0, 0.1) is 0 Å². The van der Waals surface area contributed by atoms with Crippen molar-refractivity contribution in [2.45, 2.75) is 0 Å². The van der Waals surface area contributed by atoms with Crippen LogP contribution in [0.5, 0.6) is 5.88 Å². The molecule has 0 aliphatic rings. The summed E-state index contributed by atoms with van der Waals surface area (Å²) in [5.74, 6) is -0.218. The lowest BCUT2D eigenvalue weighted by Gasteiger charge is -2.03. The molecule has 0 atom stereocenters. The minimum Gasteiger partial charge on any atom is -0.475 e. The highest BCUT2D eigenvalue weighted by atomic mass is 16.5. The largest absolute Gasteiger partial charge is 0.475 e. The molecule has 1 amide bonds. The maximum atomic E-state index is 10.6. The maximum Gasteiger partial charge on any atom is 0.269 e. The first-order valence-corrected chi connectivity index (χ1v) is 4.15. The standard InChI is InChI=1S/C8H12N4O2/c1-10-4-5-14-7-3-2-6(8(9)13)11-12-7/h2-3,10H,4-5H2,1H3,(H2,9,13). The van der Waals surface area contributed by atoms with Crippen LogP contribution in [0.3, 0.4) is 0 Å². The molecule has 0 bridgehead atoms. The van der Waals surface area contributed by atoms with Crippen LogP contribution >= 0.6 is 0 Å². The Bertz CT molecular complexity index is 299. The van der Waals surface area contributed by atoms with E-state index in [4.69, 9.17) is 10.5 Å². The Morgan fingerprint density at radius 2 is 2.36 bits per heavy atom. The van der Waals surface area contributed by atoms with E-state index < -0.39 is 5.91 Å². The zero-order valence-electron chi connectivity index (χ0n) is 7.86. The third-order valence-corrected chi connectivity index (χ3v) is 1.49. The first kappa shape index (κ1) is 10.4. The molecular formula is C8H12N4O2. The smallest absolute Gasteiger partial charge is 0.269 e. The van der Waals surface area contributed by atoms with Gasteiger partial charge >= 0.3 is 0 Å². The summed E-state index contributed by atoms with van der Waals surface area (Å²) in [5.41, 5.74) is 5.12. The number of hydrogen-bond donors (Lipinski definition) is 2. The Labute approximate surface area is 81.5 Å². The van der Waals surface area contributed by atoms with Crippen molar-refractivity contribution in [3.63, 3.8) is 0 Å². The normalized spacial score (nSPS) is 9.79. The second-order valence-electron chi connectivity index (χ2n) is 2.57. The molecule has 0 aliphatic heterocycles. The van der Waals surface area contributed by atoms with Gasteiger partial charge in [0.2, 0.25) is 5.88 Å². The van der Waals surface area contributed by atoms with Crippen LogP contribution in [0.15, 0.2) is 12.1 Å². The first-order valence-electron chi connectivity index (χ1n) is 4.15. The number of amides is 1. The van der Waals surface area contributed by atoms with Gasteiger partial charge in [0.05, 0.1) is 0 Å². The number of carbonyl (C=O) groups is 1. The molecule has 76 valence electrons. The second kappa shape index (κ2) is 5.13. The Kier molecular flexibility index (Phi) is 3.81. The minimum absolute atomic E-state index is 0.131. The zero-order chi connectivity index (χ0) is 10.4. The van der Waals surface area contributed by atoms with E-state index >= 15 is 0 Å². The van der Waals surface area contributed by atoms with E-state index in [1.54, 1.807) is 6.07 Å². The SMILES string of the molecule is CNCCOc1ccc(C(N)=O)nn1. The molecule has 0 aromatic carbocycles. The van der Waals surface area contributed by atoms with Crippen molar-refractivity contribution in [2.24, 2.45) is 5.73 Å². The third-order valence-electron chi connectivity index (χ3n) is 1.49. The van der Waals surface area contributed by atoms with Gasteiger partial charge in [-0.3, -0.25) is 4.79 Å². The van der Waals surface area contributed by atoms with Crippen LogP contribution in [0.2, 0.25) is 0 Å². The fourth-order valence-electron chi connectivity index (χ4n) is 0.786. The summed E-state index contributed by atoms with van der Waals surface area (Å²) >= 11 is 0. The molecule has 0 aliphatic carbocycles. The van der Waals surface area contributed by atoms with Crippen molar-refractivity contribution in [1.29, 1.82) is 0 Å². The van der Waals surface area contributed by atoms with Gasteiger partial charge < -0.3 is 15.8 Å². The van der Waals surface area contributed by atoms with Gasteiger partial charge in [0, 0.05) is 12.6 Å². The summed E-state index contributed by atoms with van der Waals surface area (Å²) in [6.07, 6.45) is 0.